The SMILES string of the molecule is Cl.N[C@@H](c1ccsc1)c1ccccc1OC(F)F. The molecule has 0 spiro atoms. The fourth-order valence-electron chi connectivity index (χ4n) is 1.57. The van der Waals surface area contributed by atoms with Gasteiger partial charge in [0.25, 0.3) is 0 Å². The summed E-state index contributed by atoms with van der Waals surface area (Å²) < 4.78 is 28.9. The van der Waals surface area contributed by atoms with E-state index in [1.807, 2.05) is 16.8 Å². The van der Waals surface area contributed by atoms with E-state index in [9.17, 15) is 8.78 Å². The summed E-state index contributed by atoms with van der Waals surface area (Å²) in [5, 5.41) is 3.79. The van der Waals surface area contributed by atoms with Crippen molar-refractivity contribution in [2.45, 2.75) is 12.7 Å². The third-order valence-electron chi connectivity index (χ3n) is 2.37. The number of thiophene rings is 1. The highest BCUT2D eigenvalue weighted by Gasteiger charge is 2.16. The Morgan fingerprint density at radius 2 is 1.89 bits per heavy atom. The normalized spacial score (nSPS) is 12.0. The van der Waals surface area contributed by atoms with Crippen LogP contribution in [0, 0.1) is 0 Å². The highest BCUT2D eigenvalue weighted by molar-refractivity contribution is 7.08. The molecule has 18 heavy (non-hydrogen) atoms. The molecule has 0 saturated heterocycles. The molecule has 2 N–H and O–H groups in total. The van der Waals surface area contributed by atoms with E-state index >= 15 is 0 Å². The lowest BCUT2D eigenvalue weighted by molar-refractivity contribution is -0.0505. The van der Waals surface area contributed by atoms with Gasteiger partial charge in [-0.3, -0.25) is 0 Å². The zero-order valence-electron chi connectivity index (χ0n) is 9.25. The van der Waals surface area contributed by atoms with Gasteiger partial charge >= 0.3 is 6.61 Å². The van der Waals surface area contributed by atoms with Crippen LogP contribution in [0.3, 0.4) is 0 Å². The highest BCUT2D eigenvalue weighted by Crippen LogP contribution is 2.30. The second kappa shape index (κ2) is 6.68. The molecule has 2 rings (SSSR count). The van der Waals surface area contributed by atoms with Gasteiger partial charge in [0, 0.05) is 5.56 Å². The Bertz CT molecular complexity index is 479. The Labute approximate surface area is 114 Å². The van der Waals surface area contributed by atoms with Crippen molar-refractivity contribution < 1.29 is 13.5 Å². The van der Waals surface area contributed by atoms with Crippen molar-refractivity contribution in [1.29, 1.82) is 0 Å². The molecule has 0 fully saturated rings. The summed E-state index contributed by atoms with van der Waals surface area (Å²) in [6.45, 7) is -2.84. The molecule has 1 aromatic heterocycles. The maximum Gasteiger partial charge on any atom is 0.387 e. The minimum atomic E-state index is -2.84. The molecule has 0 saturated carbocycles. The van der Waals surface area contributed by atoms with Gasteiger partial charge in [0.15, 0.2) is 0 Å². The summed E-state index contributed by atoms with van der Waals surface area (Å²) in [6.07, 6.45) is 0. The van der Waals surface area contributed by atoms with Crippen LogP contribution in [0.4, 0.5) is 8.78 Å². The van der Waals surface area contributed by atoms with Gasteiger partial charge in [0.1, 0.15) is 5.75 Å². The van der Waals surface area contributed by atoms with Crippen molar-refractivity contribution in [2.24, 2.45) is 5.73 Å². The van der Waals surface area contributed by atoms with E-state index in [1.54, 1.807) is 18.2 Å². The van der Waals surface area contributed by atoms with Crippen LogP contribution in [0.5, 0.6) is 5.75 Å². The van der Waals surface area contributed by atoms with Crippen molar-refractivity contribution in [3.8, 4) is 5.75 Å². The van der Waals surface area contributed by atoms with E-state index in [4.69, 9.17) is 5.73 Å². The molecule has 0 aliphatic rings. The number of rotatable bonds is 4. The first kappa shape index (κ1) is 14.9. The van der Waals surface area contributed by atoms with Crippen molar-refractivity contribution in [2.75, 3.05) is 0 Å². The second-order valence-electron chi connectivity index (χ2n) is 3.45. The van der Waals surface area contributed by atoms with E-state index < -0.39 is 12.7 Å². The smallest absolute Gasteiger partial charge is 0.387 e. The fraction of sp³-hybridized carbons (Fsp3) is 0.167. The van der Waals surface area contributed by atoms with Gasteiger partial charge in [-0.25, -0.2) is 0 Å². The maximum atomic E-state index is 12.2. The van der Waals surface area contributed by atoms with Gasteiger partial charge in [-0.2, -0.15) is 20.1 Å². The van der Waals surface area contributed by atoms with Gasteiger partial charge in [-0.1, -0.05) is 18.2 Å². The van der Waals surface area contributed by atoms with E-state index in [0.717, 1.165) is 5.56 Å². The third kappa shape index (κ3) is 3.41. The Morgan fingerprint density at radius 3 is 2.50 bits per heavy atom. The summed E-state index contributed by atoms with van der Waals surface area (Å²) in [5.41, 5.74) is 7.47. The first-order valence-corrected chi connectivity index (χ1v) is 5.94. The Hall–Kier alpha value is -1.17. The molecule has 1 aromatic carbocycles. The minimum absolute atomic E-state index is 0. The molecule has 0 radical (unpaired) electrons. The van der Waals surface area contributed by atoms with Gasteiger partial charge in [0.2, 0.25) is 0 Å². The van der Waals surface area contributed by atoms with Crippen molar-refractivity contribution >= 4 is 23.7 Å². The number of para-hydroxylation sites is 1. The average Bonchev–Trinajstić information content (AvgIpc) is 2.81. The first-order valence-electron chi connectivity index (χ1n) is 5.00. The van der Waals surface area contributed by atoms with Crippen molar-refractivity contribution in [3.05, 3.63) is 52.2 Å². The predicted molar refractivity (Wildman–Crippen MR) is 70.7 cm³/mol. The topological polar surface area (TPSA) is 35.2 Å². The van der Waals surface area contributed by atoms with E-state index in [2.05, 4.69) is 4.74 Å². The number of benzene rings is 1. The molecule has 0 aliphatic heterocycles. The van der Waals surface area contributed by atoms with Crippen molar-refractivity contribution in [1.82, 2.24) is 0 Å². The zero-order chi connectivity index (χ0) is 12.3. The number of nitrogens with two attached hydrogens (primary N) is 1. The van der Waals surface area contributed by atoms with Crippen LogP contribution >= 0.6 is 23.7 Å². The predicted octanol–water partition coefficient (Wildman–Crippen LogP) is 3.82. The summed E-state index contributed by atoms with van der Waals surface area (Å²) in [5.74, 6) is 0.126. The Kier molecular flexibility index (Phi) is 5.53. The van der Waals surface area contributed by atoms with Crippen LogP contribution in [0.2, 0.25) is 0 Å². The van der Waals surface area contributed by atoms with Crippen molar-refractivity contribution in [3.63, 3.8) is 0 Å². The Balaban J connectivity index is 0.00000162. The summed E-state index contributed by atoms with van der Waals surface area (Å²) in [4.78, 5) is 0. The molecule has 1 atom stereocenters. The Morgan fingerprint density at radius 1 is 1.17 bits per heavy atom. The minimum Gasteiger partial charge on any atom is -0.434 e. The molecule has 0 amide bonds. The quantitative estimate of drug-likeness (QED) is 0.929. The molecule has 98 valence electrons. The van der Waals surface area contributed by atoms with Crippen LogP contribution < -0.4 is 10.5 Å². The fourth-order valence-corrected chi connectivity index (χ4v) is 2.27. The lowest BCUT2D eigenvalue weighted by Crippen LogP contribution is -2.14. The number of ether oxygens (including phenoxy) is 1. The molecule has 2 aromatic rings. The number of hydrogen-bond donors (Lipinski definition) is 1. The molecular formula is C12H12ClF2NOS. The maximum absolute atomic E-state index is 12.2. The monoisotopic (exact) mass is 291 g/mol. The van der Waals surface area contributed by atoms with Crippen LogP contribution in [-0.4, -0.2) is 6.61 Å². The summed E-state index contributed by atoms with van der Waals surface area (Å²) in [6, 6.07) is 8.00. The number of halogens is 3. The van der Waals surface area contributed by atoms with E-state index in [1.165, 1.54) is 17.4 Å². The van der Waals surface area contributed by atoms with Gasteiger partial charge in [-0.05, 0) is 28.5 Å². The molecule has 0 unspecified atom stereocenters. The lowest BCUT2D eigenvalue weighted by atomic mass is 10.0. The molecular weight excluding hydrogens is 280 g/mol. The first-order chi connectivity index (χ1) is 8.18. The molecule has 6 heteroatoms. The van der Waals surface area contributed by atoms with Gasteiger partial charge in [0.05, 0.1) is 6.04 Å². The molecule has 0 bridgehead atoms. The van der Waals surface area contributed by atoms with Crippen LogP contribution in [0.1, 0.15) is 17.2 Å². The third-order valence-corrected chi connectivity index (χ3v) is 3.07. The zero-order valence-corrected chi connectivity index (χ0v) is 10.9. The molecule has 1 heterocycles. The van der Waals surface area contributed by atoms with Gasteiger partial charge in [-0.15, -0.1) is 12.4 Å². The van der Waals surface area contributed by atoms with Gasteiger partial charge < -0.3 is 10.5 Å². The standard InChI is InChI=1S/C12H11F2NOS.ClH/c13-12(14)16-10-4-2-1-3-9(10)11(15)8-5-6-17-7-8;/h1-7,11-12H,15H2;1H/t11-;/m0./s1. The average molecular weight is 292 g/mol. The molecule has 0 aliphatic carbocycles. The number of alkyl halides is 2. The van der Waals surface area contributed by atoms with Crippen LogP contribution in [0.25, 0.3) is 0 Å². The largest absolute Gasteiger partial charge is 0.434 e. The van der Waals surface area contributed by atoms with E-state index in [0.29, 0.717) is 5.56 Å². The summed E-state index contributed by atoms with van der Waals surface area (Å²) in [7, 11) is 0. The lowest BCUT2D eigenvalue weighted by Gasteiger charge is -2.15. The highest BCUT2D eigenvalue weighted by atomic mass is 35.5. The van der Waals surface area contributed by atoms with Crippen LogP contribution in [-0.2, 0) is 0 Å². The van der Waals surface area contributed by atoms with Crippen LogP contribution in [0.15, 0.2) is 41.1 Å². The summed E-state index contributed by atoms with van der Waals surface area (Å²) >= 11 is 1.51. The number of hydrogen-bond acceptors (Lipinski definition) is 3. The van der Waals surface area contributed by atoms with E-state index in [-0.39, 0.29) is 18.2 Å². The second-order valence-corrected chi connectivity index (χ2v) is 4.23. The molecule has 2 nitrogen and oxygen atoms in total.